The van der Waals surface area contributed by atoms with Crippen LogP contribution in [0, 0.1) is 0 Å². The second kappa shape index (κ2) is 4.84. The number of nitrogens with zero attached hydrogens (tertiary/aromatic N) is 2. The number of likely N-dealkylation sites (N-methyl/N-ethyl adjacent to an activating group) is 1. The van der Waals surface area contributed by atoms with E-state index in [0.717, 1.165) is 12.1 Å². The normalized spacial score (nSPS) is 19.4. The highest BCUT2D eigenvalue weighted by molar-refractivity contribution is 6.32. The maximum absolute atomic E-state index is 6.12. The fourth-order valence-electron chi connectivity index (χ4n) is 2.09. The minimum atomic E-state index is 0.184. The van der Waals surface area contributed by atoms with Gasteiger partial charge in [-0.15, -0.1) is 0 Å². The molecular weight excluding hydrogens is 238 g/mol. The summed E-state index contributed by atoms with van der Waals surface area (Å²) in [6.07, 6.45) is 0. The average Bonchev–Trinajstić information content (AvgIpc) is 2.70. The number of halogens is 1. The quantitative estimate of drug-likeness (QED) is 0.897. The number of methoxy groups -OCH3 is 1. The van der Waals surface area contributed by atoms with E-state index in [-0.39, 0.29) is 6.04 Å². The Labute approximate surface area is 106 Å². The van der Waals surface area contributed by atoms with Crippen LogP contribution in [-0.4, -0.2) is 31.1 Å². The lowest BCUT2D eigenvalue weighted by atomic mass is 10.1. The lowest BCUT2D eigenvalue weighted by molar-refractivity contribution is 0.363. The van der Waals surface area contributed by atoms with E-state index in [1.54, 1.807) is 7.11 Å². The first-order chi connectivity index (χ1) is 8.17. The molecule has 1 atom stereocenters. The molecule has 1 unspecified atom stereocenters. The van der Waals surface area contributed by atoms with Gasteiger partial charge in [-0.3, -0.25) is 4.99 Å². The Morgan fingerprint density at radius 3 is 2.94 bits per heavy atom. The molecule has 0 fully saturated rings. The van der Waals surface area contributed by atoms with E-state index in [0.29, 0.717) is 23.3 Å². The maximum atomic E-state index is 6.12. The molecule has 1 aromatic carbocycles. The third-order valence-electron chi connectivity index (χ3n) is 3.00. The zero-order chi connectivity index (χ0) is 12.4. The molecule has 0 aliphatic carbocycles. The molecule has 0 amide bonds. The summed E-state index contributed by atoms with van der Waals surface area (Å²) in [4.78, 5) is 6.33. The number of aliphatic imine (C=N–C) groups is 1. The summed E-state index contributed by atoms with van der Waals surface area (Å²) in [6, 6.07) is 5.98. The van der Waals surface area contributed by atoms with Gasteiger partial charge in [0.2, 0.25) is 0 Å². The molecule has 2 rings (SSSR count). The number of hydrogen-bond acceptors (Lipinski definition) is 4. The highest BCUT2D eigenvalue weighted by atomic mass is 35.5. The Balaban J connectivity index is 2.27. The van der Waals surface area contributed by atoms with Crippen LogP contribution in [0.15, 0.2) is 23.2 Å². The topological polar surface area (TPSA) is 50.8 Å². The summed E-state index contributed by atoms with van der Waals surface area (Å²) in [5.41, 5.74) is 6.94. The molecule has 92 valence electrons. The molecule has 1 heterocycles. The minimum absolute atomic E-state index is 0.184. The van der Waals surface area contributed by atoms with Gasteiger partial charge in [-0.25, -0.2) is 0 Å². The number of guanidine groups is 1. The molecule has 0 saturated heterocycles. The minimum Gasteiger partial charge on any atom is -0.495 e. The molecule has 5 heteroatoms. The number of ether oxygens (including phenoxy) is 1. The molecule has 1 aromatic rings. The summed E-state index contributed by atoms with van der Waals surface area (Å²) in [5.74, 6) is 1.29. The molecule has 2 N–H and O–H groups in total. The summed E-state index contributed by atoms with van der Waals surface area (Å²) in [5, 5.41) is 0.617. The lowest BCUT2D eigenvalue weighted by Gasteiger charge is -2.25. The van der Waals surface area contributed by atoms with Crippen molar-refractivity contribution in [2.24, 2.45) is 10.7 Å². The smallest absolute Gasteiger partial charge is 0.191 e. The fourth-order valence-corrected chi connectivity index (χ4v) is 2.35. The van der Waals surface area contributed by atoms with Crippen molar-refractivity contribution in [2.75, 3.05) is 20.2 Å². The van der Waals surface area contributed by atoms with E-state index in [2.05, 4.69) is 16.8 Å². The molecule has 0 bridgehead atoms. The van der Waals surface area contributed by atoms with Crippen LogP contribution in [0.3, 0.4) is 0 Å². The predicted octanol–water partition coefficient (Wildman–Crippen LogP) is 2.04. The van der Waals surface area contributed by atoms with E-state index in [1.165, 1.54) is 0 Å². The summed E-state index contributed by atoms with van der Waals surface area (Å²) in [7, 11) is 1.61. The second-order valence-corrected chi connectivity index (χ2v) is 4.30. The van der Waals surface area contributed by atoms with Crippen molar-refractivity contribution in [3.05, 3.63) is 28.8 Å². The zero-order valence-electron chi connectivity index (χ0n) is 9.98. The SMILES string of the molecule is CCN1C(N)=NCC1c1ccc(OC)c(Cl)c1. The monoisotopic (exact) mass is 253 g/mol. The van der Waals surface area contributed by atoms with E-state index in [4.69, 9.17) is 22.1 Å². The highest BCUT2D eigenvalue weighted by Gasteiger charge is 2.26. The van der Waals surface area contributed by atoms with Gasteiger partial charge in [-0.2, -0.15) is 0 Å². The van der Waals surface area contributed by atoms with Crippen LogP contribution in [0.5, 0.6) is 5.75 Å². The Morgan fingerprint density at radius 2 is 2.35 bits per heavy atom. The van der Waals surface area contributed by atoms with Crippen LogP contribution in [-0.2, 0) is 0 Å². The van der Waals surface area contributed by atoms with Gasteiger partial charge in [0.1, 0.15) is 5.75 Å². The van der Waals surface area contributed by atoms with Crippen LogP contribution in [0.2, 0.25) is 5.02 Å². The number of hydrogen-bond donors (Lipinski definition) is 1. The summed E-state index contributed by atoms with van der Waals surface area (Å²) >= 11 is 6.12. The molecule has 4 nitrogen and oxygen atoms in total. The lowest BCUT2D eigenvalue weighted by Crippen LogP contribution is -2.35. The van der Waals surface area contributed by atoms with E-state index < -0.39 is 0 Å². The molecular formula is C12H16ClN3O. The zero-order valence-corrected chi connectivity index (χ0v) is 10.7. The van der Waals surface area contributed by atoms with Gasteiger partial charge in [0.05, 0.1) is 24.7 Å². The number of nitrogens with two attached hydrogens (primary N) is 1. The van der Waals surface area contributed by atoms with Crippen molar-refractivity contribution in [3.63, 3.8) is 0 Å². The van der Waals surface area contributed by atoms with Crippen LogP contribution in [0.1, 0.15) is 18.5 Å². The Bertz CT molecular complexity index is 447. The first-order valence-electron chi connectivity index (χ1n) is 5.57. The molecule has 0 aromatic heterocycles. The van der Waals surface area contributed by atoms with Crippen LogP contribution in [0.4, 0.5) is 0 Å². The second-order valence-electron chi connectivity index (χ2n) is 3.89. The van der Waals surface area contributed by atoms with Gasteiger partial charge in [-0.1, -0.05) is 17.7 Å². The molecule has 17 heavy (non-hydrogen) atoms. The van der Waals surface area contributed by atoms with E-state index in [1.807, 2.05) is 18.2 Å². The van der Waals surface area contributed by atoms with Crippen LogP contribution < -0.4 is 10.5 Å². The van der Waals surface area contributed by atoms with Crippen LogP contribution >= 0.6 is 11.6 Å². The Morgan fingerprint density at radius 1 is 1.59 bits per heavy atom. The highest BCUT2D eigenvalue weighted by Crippen LogP contribution is 2.31. The first-order valence-corrected chi connectivity index (χ1v) is 5.95. The summed E-state index contributed by atoms with van der Waals surface area (Å²) < 4.78 is 5.14. The summed E-state index contributed by atoms with van der Waals surface area (Å²) in [6.45, 7) is 3.58. The largest absolute Gasteiger partial charge is 0.495 e. The van der Waals surface area contributed by atoms with Crippen molar-refractivity contribution in [1.29, 1.82) is 0 Å². The standard InChI is InChI=1S/C12H16ClN3O/c1-3-16-10(7-15-12(16)14)8-4-5-11(17-2)9(13)6-8/h4-6,10H,3,7H2,1-2H3,(H2,14,15). The number of rotatable bonds is 3. The first kappa shape index (κ1) is 12.0. The van der Waals surface area contributed by atoms with E-state index in [9.17, 15) is 0 Å². The van der Waals surface area contributed by atoms with Gasteiger partial charge in [0.15, 0.2) is 5.96 Å². The van der Waals surface area contributed by atoms with Gasteiger partial charge in [0, 0.05) is 6.54 Å². The van der Waals surface area contributed by atoms with E-state index >= 15 is 0 Å². The van der Waals surface area contributed by atoms with Crippen molar-refractivity contribution in [3.8, 4) is 5.75 Å². The maximum Gasteiger partial charge on any atom is 0.191 e. The van der Waals surface area contributed by atoms with Gasteiger partial charge < -0.3 is 15.4 Å². The third-order valence-corrected chi connectivity index (χ3v) is 3.29. The molecule has 0 saturated carbocycles. The predicted molar refractivity (Wildman–Crippen MR) is 69.6 cm³/mol. The molecule has 1 aliphatic heterocycles. The molecule has 1 aliphatic rings. The Kier molecular flexibility index (Phi) is 3.43. The van der Waals surface area contributed by atoms with Crippen molar-refractivity contribution < 1.29 is 4.74 Å². The van der Waals surface area contributed by atoms with Gasteiger partial charge >= 0.3 is 0 Å². The van der Waals surface area contributed by atoms with Crippen LogP contribution in [0.25, 0.3) is 0 Å². The van der Waals surface area contributed by atoms with Gasteiger partial charge in [0.25, 0.3) is 0 Å². The molecule has 0 radical (unpaired) electrons. The van der Waals surface area contributed by atoms with Gasteiger partial charge in [-0.05, 0) is 24.6 Å². The average molecular weight is 254 g/mol. The van der Waals surface area contributed by atoms with Crippen molar-refractivity contribution >= 4 is 17.6 Å². The fraction of sp³-hybridized carbons (Fsp3) is 0.417. The Hall–Kier alpha value is -1.42. The van der Waals surface area contributed by atoms with Crippen molar-refractivity contribution in [1.82, 2.24) is 4.90 Å². The van der Waals surface area contributed by atoms with Crippen molar-refractivity contribution in [2.45, 2.75) is 13.0 Å². The molecule has 0 spiro atoms. The third kappa shape index (κ3) is 2.17. The number of benzene rings is 1.